The summed E-state index contributed by atoms with van der Waals surface area (Å²) in [5.74, 6) is -7.89. The monoisotopic (exact) mass is 474 g/mol. The second-order valence-electron chi connectivity index (χ2n) is 5.20. The molecule has 0 atom stereocenters. The van der Waals surface area contributed by atoms with Crippen LogP contribution in [0.4, 0.5) is 43.9 Å². The zero-order valence-corrected chi connectivity index (χ0v) is 15.3. The topological polar surface area (TPSA) is 68.3 Å². The Morgan fingerprint density at radius 2 is 1.04 bits per heavy atom. The molecule has 0 bridgehead atoms. The fraction of sp³-hybridized carbons (Fsp3) is 0.667. The number of rotatable bonds is 10. The van der Waals surface area contributed by atoms with E-state index in [1.165, 1.54) is 6.92 Å². The number of hydrogen-bond donors (Lipinski definition) is 0. The van der Waals surface area contributed by atoms with Crippen LogP contribution in [0.1, 0.15) is 32.6 Å². The van der Waals surface area contributed by atoms with Crippen LogP contribution in [0.2, 0.25) is 0 Å². The fourth-order valence-corrected chi connectivity index (χ4v) is 6.17. The van der Waals surface area contributed by atoms with Gasteiger partial charge < -0.3 is 0 Å². The standard InChI is InChI=1S/C12H12F10O4S2/c1-2-3-4-5-6(27(23,24)11(19,20)7(13)9(15)16)28(25,26)12(21,22)8(14)10(17)18/h6H,2-5H2,1H3. The van der Waals surface area contributed by atoms with Crippen molar-refractivity contribution in [3.05, 3.63) is 23.8 Å². The van der Waals surface area contributed by atoms with Gasteiger partial charge in [-0.15, -0.1) is 0 Å². The van der Waals surface area contributed by atoms with E-state index >= 15 is 0 Å². The van der Waals surface area contributed by atoms with E-state index < -0.39 is 71.4 Å². The molecule has 0 heterocycles. The maximum absolute atomic E-state index is 13.6. The molecule has 0 aliphatic rings. The first-order valence-corrected chi connectivity index (χ1v) is 10.1. The fourth-order valence-electron chi connectivity index (χ4n) is 1.84. The lowest BCUT2D eigenvalue weighted by molar-refractivity contribution is 0.0897. The molecule has 0 saturated heterocycles. The maximum Gasteiger partial charge on any atom is 0.402 e. The molecule has 0 aliphatic carbocycles. The summed E-state index contributed by atoms with van der Waals surface area (Å²) < 4.78 is 172. The van der Waals surface area contributed by atoms with E-state index in [1.807, 2.05) is 0 Å². The predicted molar refractivity (Wildman–Crippen MR) is 76.4 cm³/mol. The molecule has 16 heteroatoms. The third kappa shape index (κ3) is 4.80. The lowest BCUT2D eigenvalue weighted by Crippen LogP contribution is -2.48. The van der Waals surface area contributed by atoms with Crippen LogP contribution in [-0.4, -0.2) is 31.9 Å². The molecular weight excluding hydrogens is 462 g/mol. The van der Waals surface area contributed by atoms with Gasteiger partial charge in [0.2, 0.25) is 31.3 Å². The number of hydrogen-bond acceptors (Lipinski definition) is 4. The molecule has 0 radical (unpaired) electrons. The third-order valence-electron chi connectivity index (χ3n) is 3.29. The lowest BCUT2D eigenvalue weighted by atomic mass is 10.2. The summed E-state index contributed by atoms with van der Waals surface area (Å²) in [7, 11) is -14.1. The molecule has 0 fully saturated rings. The molecule has 0 aromatic heterocycles. The van der Waals surface area contributed by atoms with Crippen molar-refractivity contribution in [2.24, 2.45) is 0 Å². The highest BCUT2D eigenvalue weighted by Crippen LogP contribution is 2.45. The third-order valence-corrected chi connectivity index (χ3v) is 8.46. The Labute approximate surface area is 152 Å². The molecule has 0 aromatic carbocycles. The summed E-state index contributed by atoms with van der Waals surface area (Å²) in [5, 5.41) is -12.6. The van der Waals surface area contributed by atoms with E-state index in [-0.39, 0.29) is 12.8 Å². The van der Waals surface area contributed by atoms with Crippen LogP contribution in [0.5, 0.6) is 0 Å². The molecule has 166 valence electrons. The van der Waals surface area contributed by atoms with Gasteiger partial charge in [0.05, 0.1) is 0 Å². The van der Waals surface area contributed by atoms with Crippen molar-refractivity contribution in [3.63, 3.8) is 0 Å². The predicted octanol–water partition coefficient (Wildman–Crippen LogP) is 5.06. The van der Waals surface area contributed by atoms with Gasteiger partial charge in [-0.1, -0.05) is 26.2 Å². The maximum atomic E-state index is 13.6. The molecule has 0 unspecified atom stereocenters. The van der Waals surface area contributed by atoms with Gasteiger partial charge in [-0.25, -0.2) is 16.8 Å². The number of alkyl halides is 4. The van der Waals surface area contributed by atoms with Crippen molar-refractivity contribution >= 4 is 19.7 Å². The van der Waals surface area contributed by atoms with Gasteiger partial charge in [0, 0.05) is 0 Å². The first kappa shape index (κ1) is 26.7. The highest BCUT2D eigenvalue weighted by Gasteiger charge is 2.65. The van der Waals surface area contributed by atoms with E-state index in [2.05, 4.69) is 0 Å². The van der Waals surface area contributed by atoms with Crippen LogP contribution < -0.4 is 0 Å². The summed E-state index contributed by atoms with van der Waals surface area (Å²) >= 11 is 0. The molecule has 28 heavy (non-hydrogen) atoms. The average molecular weight is 474 g/mol. The van der Waals surface area contributed by atoms with Crippen LogP contribution in [0.25, 0.3) is 0 Å². The number of halogens is 10. The van der Waals surface area contributed by atoms with Crippen molar-refractivity contribution in [2.75, 3.05) is 0 Å². The Morgan fingerprint density at radius 1 is 0.714 bits per heavy atom. The van der Waals surface area contributed by atoms with Crippen molar-refractivity contribution in [1.29, 1.82) is 0 Å². The smallest absolute Gasteiger partial charge is 0.221 e. The highest BCUT2D eigenvalue weighted by atomic mass is 32.3. The molecule has 0 N–H and O–H groups in total. The quantitative estimate of drug-likeness (QED) is 0.328. The van der Waals surface area contributed by atoms with Crippen LogP contribution in [-0.2, 0) is 19.7 Å². The highest BCUT2D eigenvalue weighted by molar-refractivity contribution is 8.10. The number of unbranched alkanes of at least 4 members (excludes halogenated alkanes) is 2. The zero-order valence-electron chi connectivity index (χ0n) is 13.6. The molecule has 0 amide bonds. The normalized spacial score (nSPS) is 13.6. The summed E-state index contributed by atoms with van der Waals surface area (Å²) in [6.07, 6.45) is -10.2. The summed E-state index contributed by atoms with van der Waals surface area (Å²) in [6.45, 7) is 1.41. The van der Waals surface area contributed by atoms with Gasteiger partial charge in [0.25, 0.3) is 0 Å². The first-order valence-electron chi connectivity index (χ1n) is 7.05. The Kier molecular flexibility index (Phi) is 8.58. The minimum atomic E-state index is -7.07. The molecule has 0 aromatic rings. The van der Waals surface area contributed by atoms with Crippen molar-refractivity contribution in [3.8, 4) is 0 Å². The van der Waals surface area contributed by atoms with E-state index in [9.17, 15) is 60.7 Å². The summed E-state index contributed by atoms with van der Waals surface area (Å²) in [4.78, 5) is 0. The van der Waals surface area contributed by atoms with Gasteiger partial charge in [0.1, 0.15) is 0 Å². The molecular formula is C12H12F10O4S2. The molecule has 0 saturated carbocycles. The second kappa shape index (κ2) is 9.00. The molecule has 0 spiro atoms. The van der Waals surface area contributed by atoms with Crippen molar-refractivity contribution in [2.45, 2.75) is 47.7 Å². The van der Waals surface area contributed by atoms with E-state index in [0.717, 1.165) is 0 Å². The summed E-state index contributed by atoms with van der Waals surface area (Å²) in [5.41, 5.74) is 0. The Balaban J connectivity index is 6.76. The molecule has 0 aliphatic heterocycles. The lowest BCUT2D eigenvalue weighted by Gasteiger charge is -2.26. The molecule has 0 rings (SSSR count). The van der Waals surface area contributed by atoms with Gasteiger partial charge >= 0.3 is 22.7 Å². The van der Waals surface area contributed by atoms with Gasteiger partial charge in [-0.05, 0) is 6.42 Å². The second-order valence-corrected chi connectivity index (χ2v) is 9.84. The Hall–Kier alpha value is -1.32. The van der Waals surface area contributed by atoms with Crippen molar-refractivity contribution < 1.29 is 60.7 Å². The van der Waals surface area contributed by atoms with Gasteiger partial charge in [0.15, 0.2) is 4.58 Å². The van der Waals surface area contributed by atoms with Crippen LogP contribution in [0.3, 0.4) is 0 Å². The van der Waals surface area contributed by atoms with Gasteiger partial charge in [-0.3, -0.25) is 0 Å². The van der Waals surface area contributed by atoms with Crippen LogP contribution in [0, 0.1) is 0 Å². The number of sulfone groups is 2. The molecule has 4 nitrogen and oxygen atoms in total. The van der Waals surface area contributed by atoms with Gasteiger partial charge in [-0.2, -0.15) is 43.9 Å². The Morgan fingerprint density at radius 3 is 1.29 bits per heavy atom. The van der Waals surface area contributed by atoms with E-state index in [4.69, 9.17) is 0 Å². The van der Waals surface area contributed by atoms with Crippen LogP contribution >= 0.6 is 0 Å². The Bertz CT molecular complexity index is 772. The largest absolute Gasteiger partial charge is 0.402 e. The van der Waals surface area contributed by atoms with E-state index in [0.29, 0.717) is 0 Å². The SMILES string of the molecule is CCCCCC(S(=O)(=O)C(F)(F)C(F)=C(F)F)S(=O)(=O)C(F)(F)C(F)=C(F)F. The van der Waals surface area contributed by atoms with E-state index in [1.54, 1.807) is 0 Å². The first-order chi connectivity index (χ1) is 12.4. The minimum Gasteiger partial charge on any atom is -0.221 e. The minimum absolute atomic E-state index is 0.139. The average Bonchev–Trinajstić information content (AvgIpc) is 2.55. The summed E-state index contributed by atoms with van der Waals surface area (Å²) in [6, 6.07) is 0. The van der Waals surface area contributed by atoms with Crippen LogP contribution in [0.15, 0.2) is 23.8 Å². The van der Waals surface area contributed by atoms with Crippen molar-refractivity contribution in [1.82, 2.24) is 0 Å². The zero-order chi connectivity index (χ0) is 22.7.